The van der Waals surface area contributed by atoms with E-state index in [9.17, 15) is 35.5 Å². The summed E-state index contributed by atoms with van der Waals surface area (Å²) in [5.74, 6) is 3.48. The van der Waals surface area contributed by atoms with Gasteiger partial charge in [-0.3, -0.25) is 28.5 Å². The van der Waals surface area contributed by atoms with Crippen molar-refractivity contribution in [1.82, 2.24) is 9.80 Å². The zero-order chi connectivity index (χ0) is 53.1. The Hall–Kier alpha value is -0.420. The average molecular weight is 1100 g/mol. The van der Waals surface area contributed by atoms with E-state index in [0.717, 1.165) is 161 Å². The fraction of sp³-hybridized carbons (Fsp3) is 0.862. The number of likely N-dealkylation sites (N-methyl/N-ethyl adjacent to an activating group) is 2. The van der Waals surface area contributed by atoms with Crippen molar-refractivity contribution < 1.29 is 104 Å². The van der Waals surface area contributed by atoms with Gasteiger partial charge in [0, 0.05) is 49.5 Å². The van der Waals surface area contributed by atoms with Crippen molar-refractivity contribution in [3.8, 4) is 0 Å². The maximum absolute atomic E-state index is 12.3. The summed E-state index contributed by atoms with van der Waals surface area (Å²) >= 11 is 0. The van der Waals surface area contributed by atoms with E-state index in [1.54, 1.807) is 6.92 Å². The molecule has 2 aliphatic heterocycles. The number of carbonyl (C=O) groups is 2. The minimum Gasteiger partial charge on any atom is -0.748 e. The molecule has 12 nitrogen and oxygen atoms in total. The zero-order valence-corrected chi connectivity index (χ0v) is 54.5. The Balaban J connectivity index is 0. The van der Waals surface area contributed by atoms with Crippen LogP contribution in [0.4, 0.5) is 0 Å². The van der Waals surface area contributed by atoms with Gasteiger partial charge in [-0.05, 0) is 96.3 Å². The molecule has 0 radical (unpaired) electrons. The first-order chi connectivity index (χ1) is 34.6. The Labute approximate surface area is 499 Å². The van der Waals surface area contributed by atoms with Crippen LogP contribution in [0.5, 0.6) is 0 Å². The standard InChI is InChI=1S/C30H56N2O4S.C28H52N2O4S.2Na/c1-4-6-7-8-9-10-11-14-17-21-28(33)22-20-25-32-27-26-31(3)30(32)24-19-16-13-12-15-18-23-29(5-2)37(34,35)36;1-3-4-5-6-7-8-10-13-16-20-27(31)21-19-23-30-25-24-29(2)28(30)22-17-14-11-9-12-15-18-26-35(32,33)34;;/h6-7,29H,4-5,8-27H2,1-3H3;4-5H,3,6-26H2,1-2H3;;/q;;2*+1/b7-6+;5-4+;;. The van der Waals surface area contributed by atoms with E-state index < -0.39 is 25.5 Å². The van der Waals surface area contributed by atoms with Crippen molar-refractivity contribution in [2.24, 2.45) is 0 Å². The number of ketones is 2. The topological polar surface area (TPSA) is 161 Å². The van der Waals surface area contributed by atoms with Gasteiger partial charge in [0.15, 0.2) is 0 Å². The summed E-state index contributed by atoms with van der Waals surface area (Å²) < 4.78 is 70.0. The molecule has 2 rings (SSSR count). The van der Waals surface area contributed by atoms with Crippen molar-refractivity contribution in [3.05, 3.63) is 24.3 Å². The van der Waals surface area contributed by atoms with Crippen LogP contribution in [0.3, 0.4) is 0 Å². The fourth-order valence-electron chi connectivity index (χ4n) is 10.1. The Bertz CT molecular complexity index is 1770. The number of unbranched alkanes of at least 4 members (excludes halogenated alkanes) is 21. The molecule has 2 heterocycles. The van der Waals surface area contributed by atoms with Crippen LogP contribution < -0.4 is 59.1 Å². The summed E-state index contributed by atoms with van der Waals surface area (Å²) in [6.45, 7) is 12.4. The predicted octanol–water partition coefficient (Wildman–Crippen LogP) is 6.90. The van der Waals surface area contributed by atoms with Gasteiger partial charge in [-0.2, -0.15) is 0 Å². The Morgan fingerprint density at radius 3 is 1.23 bits per heavy atom. The van der Waals surface area contributed by atoms with Crippen molar-refractivity contribution in [2.75, 3.05) is 59.1 Å². The molecule has 0 saturated carbocycles. The van der Waals surface area contributed by atoms with Gasteiger partial charge in [0.25, 0.3) is 0 Å². The summed E-state index contributed by atoms with van der Waals surface area (Å²) in [6.07, 6.45) is 47.0. The molecule has 16 heteroatoms. The minimum atomic E-state index is -4.14. The van der Waals surface area contributed by atoms with E-state index in [-0.39, 0.29) is 64.9 Å². The van der Waals surface area contributed by atoms with Crippen molar-refractivity contribution in [2.45, 2.75) is 264 Å². The molecule has 0 aromatic carbocycles. The SMILES string of the molecule is CC/C=C/CCCCCCCC(=O)CCCN1CC[N+](C)=C1CCCCCCCCC(CC)S(=O)(=O)[O-].CC/C=C/CCCCCCCC(=O)CCCN1CC[N+](C)=C1CCCCCCCCCS(=O)(=O)[O-].[Na+].[Na+]. The number of amidine groups is 2. The summed E-state index contributed by atoms with van der Waals surface area (Å²) in [6, 6.07) is 0. The molecule has 0 aromatic heterocycles. The first-order valence-corrected chi connectivity index (χ1v) is 32.5. The van der Waals surface area contributed by atoms with Gasteiger partial charge < -0.3 is 9.11 Å². The first kappa shape index (κ1) is 75.7. The molecule has 420 valence electrons. The molecule has 1 atom stereocenters. The monoisotopic (exact) mass is 1100 g/mol. The van der Waals surface area contributed by atoms with Crippen LogP contribution in [0.2, 0.25) is 0 Å². The number of allylic oxidation sites excluding steroid dienone is 4. The van der Waals surface area contributed by atoms with E-state index in [1.165, 1.54) is 95.1 Å². The molecule has 1 unspecified atom stereocenters. The number of Topliss-reactive ketones (excluding diaryl/α,β-unsaturated/α-hetero) is 2. The maximum Gasteiger partial charge on any atom is 1.00 e. The smallest absolute Gasteiger partial charge is 0.748 e. The van der Waals surface area contributed by atoms with Gasteiger partial charge in [-0.25, -0.2) is 16.8 Å². The van der Waals surface area contributed by atoms with Crippen LogP contribution in [-0.4, -0.2) is 132 Å². The van der Waals surface area contributed by atoms with Crippen LogP contribution in [0, 0.1) is 0 Å². The van der Waals surface area contributed by atoms with Gasteiger partial charge in [-0.1, -0.05) is 148 Å². The third kappa shape index (κ3) is 42.5. The van der Waals surface area contributed by atoms with Crippen molar-refractivity contribution in [1.29, 1.82) is 0 Å². The molecule has 0 fully saturated rings. The van der Waals surface area contributed by atoms with E-state index in [0.29, 0.717) is 43.7 Å². The van der Waals surface area contributed by atoms with Gasteiger partial charge in [0.1, 0.15) is 37.7 Å². The number of carbonyl (C=O) groups excluding carboxylic acids is 2. The summed E-state index contributed by atoms with van der Waals surface area (Å²) in [4.78, 5) is 29.5. The third-order valence-corrected chi connectivity index (χ3v) is 16.8. The molecule has 0 N–H and O–H groups in total. The fourth-order valence-corrected chi connectivity index (χ4v) is 11.5. The predicted molar refractivity (Wildman–Crippen MR) is 299 cm³/mol. The molecule has 0 bridgehead atoms. The van der Waals surface area contributed by atoms with E-state index in [4.69, 9.17) is 0 Å². The zero-order valence-electron chi connectivity index (χ0n) is 48.9. The van der Waals surface area contributed by atoms with Crippen LogP contribution in [0.25, 0.3) is 0 Å². The molecule has 74 heavy (non-hydrogen) atoms. The molecule has 0 amide bonds. The minimum absolute atomic E-state index is 0. The first-order valence-electron chi connectivity index (χ1n) is 29.5. The van der Waals surface area contributed by atoms with Gasteiger partial charge in [-0.15, -0.1) is 0 Å². The molecule has 0 spiro atoms. The largest absolute Gasteiger partial charge is 1.00 e. The Kier molecular flexibility index (Phi) is 50.7. The Morgan fingerprint density at radius 2 is 0.851 bits per heavy atom. The van der Waals surface area contributed by atoms with E-state index >= 15 is 0 Å². The number of hydrogen-bond donors (Lipinski definition) is 0. The summed E-state index contributed by atoms with van der Waals surface area (Å²) in [7, 11) is -3.85. The molecule has 0 saturated heterocycles. The summed E-state index contributed by atoms with van der Waals surface area (Å²) in [5, 5.41) is -0.712. The van der Waals surface area contributed by atoms with Gasteiger partial charge in [0.05, 0.1) is 47.4 Å². The number of rotatable bonds is 47. The molecular weight excluding hydrogens is 991 g/mol. The van der Waals surface area contributed by atoms with Crippen molar-refractivity contribution >= 4 is 43.5 Å². The molecular formula is C58H108N4Na2O8S2+2. The van der Waals surface area contributed by atoms with Crippen LogP contribution in [0.1, 0.15) is 258 Å². The molecule has 0 aliphatic carbocycles. The van der Waals surface area contributed by atoms with Crippen LogP contribution in [-0.2, 0) is 29.8 Å². The van der Waals surface area contributed by atoms with Crippen LogP contribution in [0.15, 0.2) is 24.3 Å². The number of hydrogen-bond acceptors (Lipinski definition) is 10. The van der Waals surface area contributed by atoms with Gasteiger partial charge >= 0.3 is 59.1 Å². The van der Waals surface area contributed by atoms with Crippen LogP contribution >= 0.6 is 0 Å². The molecule has 2 aliphatic rings. The van der Waals surface area contributed by atoms with Gasteiger partial charge in [0.2, 0.25) is 11.7 Å². The number of nitrogens with zero attached hydrogens (tertiary/aromatic N) is 4. The second kappa shape index (κ2) is 49.6. The third-order valence-electron chi connectivity index (χ3n) is 14.6. The maximum atomic E-state index is 12.3. The molecule has 0 aromatic rings. The second-order valence-electron chi connectivity index (χ2n) is 21.0. The normalized spacial score (nSPS) is 14.5. The second-order valence-corrected chi connectivity index (χ2v) is 24.2. The average Bonchev–Trinajstić information content (AvgIpc) is 3.87. The summed E-state index contributed by atoms with van der Waals surface area (Å²) in [5.41, 5.74) is 0. The van der Waals surface area contributed by atoms with E-state index in [2.05, 4.69) is 71.2 Å². The quantitative estimate of drug-likeness (QED) is 0.0206. The van der Waals surface area contributed by atoms with Crippen molar-refractivity contribution in [3.63, 3.8) is 0 Å². The Morgan fingerprint density at radius 1 is 0.500 bits per heavy atom. The van der Waals surface area contributed by atoms with E-state index in [1.807, 2.05) is 0 Å².